The number of hydrogen-bond donors (Lipinski definition) is 1. The molecule has 2 atom stereocenters. The van der Waals surface area contributed by atoms with Crippen LogP contribution in [0.3, 0.4) is 0 Å². The van der Waals surface area contributed by atoms with Gasteiger partial charge in [-0.1, -0.05) is 41.9 Å². The summed E-state index contributed by atoms with van der Waals surface area (Å²) in [5.41, 5.74) is 1.06. The van der Waals surface area contributed by atoms with Crippen LogP contribution < -0.4 is 5.32 Å². The van der Waals surface area contributed by atoms with E-state index in [2.05, 4.69) is 21.2 Å². The Labute approximate surface area is 134 Å². The molecule has 1 heterocycles. The van der Waals surface area contributed by atoms with Gasteiger partial charge in [-0.25, -0.2) is 0 Å². The molecule has 21 heavy (non-hydrogen) atoms. The molecule has 2 rings (SSSR count). The molecule has 4 nitrogen and oxygen atoms in total. The van der Waals surface area contributed by atoms with Gasteiger partial charge in [0.15, 0.2) is 0 Å². The fourth-order valence-corrected chi connectivity index (χ4v) is 3.03. The smallest absolute Gasteiger partial charge is 0.245 e. The van der Waals surface area contributed by atoms with E-state index in [1.54, 1.807) is 0 Å². The summed E-state index contributed by atoms with van der Waals surface area (Å²) < 4.78 is 0.990. The summed E-state index contributed by atoms with van der Waals surface area (Å²) >= 11 is 3.45. The molecule has 0 aromatic heterocycles. The number of nitrogens with zero attached hydrogens (tertiary/aromatic N) is 1. The lowest BCUT2D eigenvalue weighted by Gasteiger charge is -2.30. The predicted octanol–water partition coefficient (Wildman–Crippen LogP) is 2.71. The highest BCUT2D eigenvalue weighted by molar-refractivity contribution is 9.10. The number of nitrogens with one attached hydrogen (secondary N) is 1. The molecule has 1 aromatic carbocycles. The van der Waals surface area contributed by atoms with Crippen LogP contribution in [0.15, 0.2) is 28.7 Å². The van der Waals surface area contributed by atoms with Crippen LogP contribution in [0.2, 0.25) is 0 Å². The normalized spacial score (nSPS) is 23.2. The number of amides is 2. The van der Waals surface area contributed by atoms with E-state index < -0.39 is 6.04 Å². The van der Waals surface area contributed by atoms with Gasteiger partial charge in [0.1, 0.15) is 6.04 Å². The molecule has 114 valence electrons. The van der Waals surface area contributed by atoms with Gasteiger partial charge in [-0.3, -0.25) is 9.59 Å². The second-order valence-corrected chi connectivity index (χ2v) is 6.85. The van der Waals surface area contributed by atoms with Crippen molar-refractivity contribution in [2.45, 2.75) is 45.8 Å². The topological polar surface area (TPSA) is 49.4 Å². The number of carbonyl (C=O) groups is 2. The Morgan fingerprint density at radius 2 is 2.10 bits per heavy atom. The van der Waals surface area contributed by atoms with Crippen LogP contribution in [-0.2, 0) is 16.1 Å². The Hall–Kier alpha value is -1.36. The average Bonchev–Trinajstić information content (AvgIpc) is 2.50. The SMILES string of the molecule is CC(C)C1NC(=O)CC(C)N(Cc2cccc(Br)c2)C1=O. The molecule has 0 spiro atoms. The summed E-state index contributed by atoms with van der Waals surface area (Å²) in [6, 6.07) is 7.38. The minimum Gasteiger partial charge on any atom is -0.344 e. The zero-order valence-electron chi connectivity index (χ0n) is 12.6. The lowest BCUT2D eigenvalue weighted by Crippen LogP contribution is -2.48. The minimum atomic E-state index is -0.436. The van der Waals surface area contributed by atoms with Gasteiger partial charge in [0.25, 0.3) is 0 Å². The third kappa shape index (κ3) is 3.84. The molecule has 1 N–H and O–H groups in total. The van der Waals surface area contributed by atoms with Gasteiger partial charge >= 0.3 is 0 Å². The monoisotopic (exact) mass is 352 g/mol. The van der Waals surface area contributed by atoms with Gasteiger partial charge in [-0.2, -0.15) is 0 Å². The van der Waals surface area contributed by atoms with Gasteiger partial charge in [0.2, 0.25) is 11.8 Å². The highest BCUT2D eigenvalue weighted by atomic mass is 79.9. The number of hydrogen-bond acceptors (Lipinski definition) is 2. The molecular weight excluding hydrogens is 332 g/mol. The van der Waals surface area contributed by atoms with Gasteiger partial charge in [-0.05, 0) is 30.5 Å². The first-order chi connectivity index (χ1) is 9.88. The molecule has 0 radical (unpaired) electrons. The van der Waals surface area contributed by atoms with Crippen LogP contribution in [0.1, 0.15) is 32.8 Å². The average molecular weight is 353 g/mol. The lowest BCUT2D eigenvalue weighted by molar-refractivity contribution is -0.136. The van der Waals surface area contributed by atoms with Crippen molar-refractivity contribution in [3.8, 4) is 0 Å². The van der Waals surface area contributed by atoms with E-state index in [9.17, 15) is 9.59 Å². The maximum absolute atomic E-state index is 12.7. The Kier molecular flexibility index (Phi) is 5.04. The standard InChI is InChI=1S/C16H21BrN2O2/c1-10(2)15-16(21)19(11(3)7-14(20)18-15)9-12-5-4-6-13(17)8-12/h4-6,8,10-11,15H,7,9H2,1-3H3,(H,18,20). The Morgan fingerprint density at radius 1 is 1.38 bits per heavy atom. The van der Waals surface area contributed by atoms with Crippen LogP contribution in [0.4, 0.5) is 0 Å². The molecule has 2 unspecified atom stereocenters. The summed E-state index contributed by atoms with van der Waals surface area (Å²) in [5, 5.41) is 2.85. The van der Waals surface area contributed by atoms with Crippen molar-refractivity contribution in [1.82, 2.24) is 10.2 Å². The molecule has 0 saturated carbocycles. The summed E-state index contributed by atoms with van der Waals surface area (Å²) in [6.45, 7) is 6.36. The van der Waals surface area contributed by atoms with Crippen molar-refractivity contribution in [1.29, 1.82) is 0 Å². The lowest BCUT2D eigenvalue weighted by atomic mass is 10.0. The second-order valence-electron chi connectivity index (χ2n) is 5.94. The Morgan fingerprint density at radius 3 is 2.71 bits per heavy atom. The van der Waals surface area contributed by atoms with Crippen molar-refractivity contribution in [3.05, 3.63) is 34.3 Å². The first-order valence-electron chi connectivity index (χ1n) is 7.22. The quantitative estimate of drug-likeness (QED) is 0.908. The fraction of sp³-hybridized carbons (Fsp3) is 0.500. The highest BCUT2D eigenvalue weighted by Gasteiger charge is 2.35. The van der Waals surface area contributed by atoms with Crippen LogP contribution >= 0.6 is 15.9 Å². The van der Waals surface area contributed by atoms with Crippen LogP contribution in [-0.4, -0.2) is 28.8 Å². The summed E-state index contributed by atoms with van der Waals surface area (Å²) in [7, 11) is 0. The van der Waals surface area contributed by atoms with E-state index in [1.807, 2.05) is 49.9 Å². The van der Waals surface area contributed by atoms with Crippen molar-refractivity contribution in [2.75, 3.05) is 0 Å². The molecule has 5 heteroatoms. The van der Waals surface area contributed by atoms with Gasteiger partial charge < -0.3 is 10.2 Å². The second kappa shape index (κ2) is 6.60. The van der Waals surface area contributed by atoms with Crippen LogP contribution in [0, 0.1) is 5.92 Å². The van der Waals surface area contributed by atoms with Gasteiger partial charge in [0, 0.05) is 23.5 Å². The maximum Gasteiger partial charge on any atom is 0.245 e. The van der Waals surface area contributed by atoms with E-state index in [1.165, 1.54) is 0 Å². The minimum absolute atomic E-state index is 0.00308. The molecule has 1 fully saturated rings. The van der Waals surface area contributed by atoms with E-state index in [0.29, 0.717) is 13.0 Å². The third-order valence-corrected chi connectivity index (χ3v) is 4.28. The van der Waals surface area contributed by atoms with E-state index in [4.69, 9.17) is 0 Å². The predicted molar refractivity (Wildman–Crippen MR) is 85.5 cm³/mol. The van der Waals surface area contributed by atoms with Crippen LogP contribution in [0.25, 0.3) is 0 Å². The van der Waals surface area contributed by atoms with Crippen molar-refractivity contribution in [3.63, 3.8) is 0 Å². The first kappa shape index (κ1) is 16.0. The van der Waals surface area contributed by atoms with E-state index in [-0.39, 0.29) is 23.8 Å². The third-order valence-electron chi connectivity index (χ3n) is 3.79. The van der Waals surface area contributed by atoms with Gasteiger partial charge in [0.05, 0.1) is 0 Å². The van der Waals surface area contributed by atoms with E-state index in [0.717, 1.165) is 10.0 Å². The van der Waals surface area contributed by atoms with Crippen molar-refractivity contribution in [2.24, 2.45) is 5.92 Å². The zero-order valence-corrected chi connectivity index (χ0v) is 14.2. The molecule has 1 aliphatic rings. The Balaban J connectivity index is 2.25. The molecule has 0 aliphatic carbocycles. The fourth-order valence-electron chi connectivity index (χ4n) is 2.59. The summed E-state index contributed by atoms with van der Waals surface area (Å²) in [5.74, 6) is 0.0337. The Bertz CT molecular complexity index is 545. The summed E-state index contributed by atoms with van der Waals surface area (Å²) in [6.07, 6.45) is 0.350. The first-order valence-corrected chi connectivity index (χ1v) is 8.02. The molecule has 1 aliphatic heterocycles. The largest absolute Gasteiger partial charge is 0.344 e. The number of benzene rings is 1. The van der Waals surface area contributed by atoms with Gasteiger partial charge in [-0.15, -0.1) is 0 Å². The molecule has 1 saturated heterocycles. The molecule has 1 aromatic rings. The number of carbonyl (C=O) groups excluding carboxylic acids is 2. The van der Waals surface area contributed by atoms with E-state index >= 15 is 0 Å². The molecular formula is C16H21BrN2O2. The summed E-state index contributed by atoms with van der Waals surface area (Å²) in [4.78, 5) is 26.5. The zero-order chi connectivity index (χ0) is 15.6. The molecule has 0 bridgehead atoms. The number of rotatable bonds is 3. The maximum atomic E-state index is 12.7. The highest BCUT2D eigenvalue weighted by Crippen LogP contribution is 2.20. The van der Waals surface area contributed by atoms with Crippen molar-refractivity contribution < 1.29 is 9.59 Å². The van der Waals surface area contributed by atoms with Crippen LogP contribution in [0.5, 0.6) is 0 Å². The molecule has 2 amide bonds. The number of halogens is 1. The van der Waals surface area contributed by atoms with Crippen molar-refractivity contribution >= 4 is 27.7 Å².